The Labute approximate surface area is 142 Å². The van der Waals surface area contributed by atoms with Gasteiger partial charge in [0.05, 0.1) is 18.8 Å². The molecule has 1 heterocycles. The summed E-state index contributed by atoms with van der Waals surface area (Å²) in [6.07, 6.45) is 1.46. The molecule has 0 saturated carbocycles. The van der Waals surface area contributed by atoms with Crippen LogP contribution in [0.3, 0.4) is 0 Å². The zero-order valence-corrected chi connectivity index (χ0v) is 14.2. The van der Waals surface area contributed by atoms with Gasteiger partial charge >= 0.3 is 17.9 Å². The second kappa shape index (κ2) is 8.82. The van der Waals surface area contributed by atoms with Crippen molar-refractivity contribution in [1.82, 2.24) is 0 Å². The van der Waals surface area contributed by atoms with E-state index in [-0.39, 0.29) is 28.7 Å². The summed E-state index contributed by atoms with van der Waals surface area (Å²) in [6, 6.07) is 0. The van der Waals surface area contributed by atoms with Gasteiger partial charge in [0, 0.05) is 12.2 Å². The Kier molecular flexibility index (Phi) is 7.12. The van der Waals surface area contributed by atoms with Crippen molar-refractivity contribution in [3.05, 3.63) is 28.2 Å². The maximum Gasteiger partial charge on any atom is 0.348 e. The van der Waals surface area contributed by atoms with Gasteiger partial charge in [-0.2, -0.15) is 0 Å². The minimum Gasteiger partial charge on any atom is -0.478 e. The van der Waals surface area contributed by atoms with Crippen LogP contribution < -0.4 is 5.32 Å². The molecule has 2 N–H and O–H groups in total. The summed E-state index contributed by atoms with van der Waals surface area (Å²) < 4.78 is 9.85. The fraction of sp³-hybridized carbons (Fsp3) is 0.333. The number of thiophene rings is 1. The second-order valence-corrected chi connectivity index (χ2v) is 5.38. The number of nitrogens with one attached hydrogen (secondary N) is 1. The standard InChI is InChI=1S/C15H17NO7S/c1-4-22-14(20)11-8(3)12(15(21)23-5-2)24-13(11)16-9(17)6-7-10(18)19/h6-7H,4-5H2,1-3H3,(H,16,17)(H,18,19). The van der Waals surface area contributed by atoms with Gasteiger partial charge in [-0.3, -0.25) is 4.79 Å². The number of hydrogen-bond acceptors (Lipinski definition) is 7. The van der Waals surface area contributed by atoms with Gasteiger partial charge in [0.2, 0.25) is 5.91 Å². The lowest BCUT2D eigenvalue weighted by atomic mass is 10.1. The van der Waals surface area contributed by atoms with E-state index in [1.54, 1.807) is 13.8 Å². The zero-order chi connectivity index (χ0) is 18.3. The third kappa shape index (κ3) is 4.92. The van der Waals surface area contributed by atoms with Crippen LogP contribution >= 0.6 is 11.3 Å². The van der Waals surface area contributed by atoms with Gasteiger partial charge in [0.15, 0.2) is 0 Å². The number of rotatable bonds is 7. The molecule has 0 atom stereocenters. The number of carboxylic acids is 1. The molecule has 0 aliphatic heterocycles. The van der Waals surface area contributed by atoms with E-state index < -0.39 is 23.8 Å². The highest BCUT2D eigenvalue weighted by atomic mass is 32.1. The summed E-state index contributed by atoms with van der Waals surface area (Å²) in [4.78, 5) is 46.4. The molecule has 0 aliphatic rings. The SMILES string of the molecule is CCOC(=O)c1sc(NC(=O)C=CC(=O)O)c(C(=O)OCC)c1C. The van der Waals surface area contributed by atoms with Crippen molar-refractivity contribution >= 4 is 40.2 Å². The number of esters is 2. The average Bonchev–Trinajstić information content (AvgIpc) is 2.82. The molecule has 0 spiro atoms. The number of hydrogen-bond donors (Lipinski definition) is 2. The monoisotopic (exact) mass is 355 g/mol. The molecule has 8 nitrogen and oxygen atoms in total. The largest absolute Gasteiger partial charge is 0.478 e. The van der Waals surface area contributed by atoms with E-state index in [1.807, 2.05) is 0 Å². The van der Waals surface area contributed by atoms with Gasteiger partial charge in [0.25, 0.3) is 0 Å². The number of carbonyl (C=O) groups excluding carboxylic acids is 3. The average molecular weight is 355 g/mol. The number of carbonyl (C=O) groups is 4. The van der Waals surface area contributed by atoms with E-state index in [0.717, 1.165) is 17.4 Å². The maximum atomic E-state index is 12.1. The van der Waals surface area contributed by atoms with Crippen molar-refractivity contribution in [3.8, 4) is 0 Å². The minimum absolute atomic E-state index is 0.0435. The predicted octanol–water partition coefficient (Wildman–Crippen LogP) is 1.99. The Morgan fingerprint density at radius 2 is 1.67 bits per heavy atom. The number of carboxylic acid groups (broad SMARTS) is 1. The van der Waals surface area contributed by atoms with Crippen LogP contribution in [-0.4, -0.2) is 42.1 Å². The number of ether oxygens (including phenoxy) is 2. The quantitative estimate of drug-likeness (QED) is 0.567. The number of anilines is 1. The first-order valence-electron chi connectivity index (χ1n) is 7.01. The van der Waals surface area contributed by atoms with Crippen molar-refractivity contribution in [3.63, 3.8) is 0 Å². The van der Waals surface area contributed by atoms with Crippen molar-refractivity contribution < 1.29 is 33.8 Å². The van der Waals surface area contributed by atoms with Crippen LogP contribution in [0.1, 0.15) is 39.4 Å². The fourth-order valence-electron chi connectivity index (χ4n) is 1.74. The van der Waals surface area contributed by atoms with Crippen molar-refractivity contribution in [1.29, 1.82) is 0 Å². The van der Waals surface area contributed by atoms with E-state index in [9.17, 15) is 19.2 Å². The molecular weight excluding hydrogens is 338 g/mol. The van der Waals surface area contributed by atoms with Gasteiger partial charge in [-0.1, -0.05) is 0 Å². The summed E-state index contributed by atoms with van der Waals surface area (Å²) in [5, 5.41) is 11.0. The van der Waals surface area contributed by atoms with Crippen LogP contribution in [0.4, 0.5) is 5.00 Å². The van der Waals surface area contributed by atoms with E-state index >= 15 is 0 Å². The summed E-state index contributed by atoms with van der Waals surface area (Å²) in [7, 11) is 0. The lowest BCUT2D eigenvalue weighted by Crippen LogP contribution is -2.13. The smallest absolute Gasteiger partial charge is 0.348 e. The van der Waals surface area contributed by atoms with Crippen LogP contribution in [-0.2, 0) is 19.1 Å². The van der Waals surface area contributed by atoms with Crippen molar-refractivity contribution in [2.45, 2.75) is 20.8 Å². The highest BCUT2D eigenvalue weighted by Gasteiger charge is 2.26. The molecule has 0 fully saturated rings. The summed E-state index contributed by atoms with van der Waals surface area (Å²) in [5.41, 5.74) is 0.372. The number of amides is 1. The maximum absolute atomic E-state index is 12.1. The lowest BCUT2D eigenvalue weighted by molar-refractivity contribution is -0.131. The molecule has 0 saturated heterocycles. The third-order valence-corrected chi connectivity index (χ3v) is 3.89. The molecule has 24 heavy (non-hydrogen) atoms. The van der Waals surface area contributed by atoms with Gasteiger partial charge < -0.3 is 19.9 Å². The van der Waals surface area contributed by atoms with Crippen LogP contribution in [0.5, 0.6) is 0 Å². The highest BCUT2D eigenvalue weighted by Crippen LogP contribution is 2.34. The first-order valence-corrected chi connectivity index (χ1v) is 7.83. The van der Waals surface area contributed by atoms with Crippen LogP contribution in [0.2, 0.25) is 0 Å². The molecule has 0 aliphatic carbocycles. The molecule has 0 radical (unpaired) electrons. The summed E-state index contributed by atoms with van der Waals surface area (Å²) in [6.45, 7) is 5.09. The summed E-state index contributed by atoms with van der Waals surface area (Å²) >= 11 is 0.862. The molecule has 0 aromatic carbocycles. The Balaban J connectivity index is 3.23. The van der Waals surface area contributed by atoms with Gasteiger partial charge in [-0.25, -0.2) is 14.4 Å². The molecule has 0 bridgehead atoms. The molecule has 1 aromatic rings. The van der Waals surface area contributed by atoms with Crippen molar-refractivity contribution in [2.75, 3.05) is 18.5 Å². The zero-order valence-electron chi connectivity index (χ0n) is 13.4. The normalized spacial score (nSPS) is 10.5. The first-order chi connectivity index (χ1) is 11.3. The third-order valence-electron chi connectivity index (χ3n) is 2.70. The van der Waals surface area contributed by atoms with Crippen LogP contribution in [0, 0.1) is 6.92 Å². The molecule has 130 valence electrons. The Morgan fingerprint density at radius 3 is 2.21 bits per heavy atom. The van der Waals surface area contributed by atoms with Crippen LogP contribution in [0.25, 0.3) is 0 Å². The van der Waals surface area contributed by atoms with Gasteiger partial charge in [0.1, 0.15) is 9.88 Å². The minimum atomic E-state index is -1.29. The molecular formula is C15H17NO7S. The van der Waals surface area contributed by atoms with E-state index in [4.69, 9.17) is 14.6 Å². The van der Waals surface area contributed by atoms with Crippen molar-refractivity contribution in [2.24, 2.45) is 0 Å². The Bertz CT molecular complexity index is 690. The lowest BCUT2D eigenvalue weighted by Gasteiger charge is -2.05. The van der Waals surface area contributed by atoms with Gasteiger partial charge in [-0.15, -0.1) is 11.3 Å². The first kappa shape index (κ1) is 19.4. The second-order valence-electron chi connectivity index (χ2n) is 4.36. The Morgan fingerprint density at radius 1 is 1.08 bits per heavy atom. The topological polar surface area (TPSA) is 119 Å². The predicted molar refractivity (Wildman–Crippen MR) is 86.4 cm³/mol. The highest BCUT2D eigenvalue weighted by molar-refractivity contribution is 7.18. The molecule has 1 aromatic heterocycles. The van der Waals surface area contributed by atoms with Gasteiger partial charge in [-0.05, 0) is 26.3 Å². The molecule has 0 unspecified atom stereocenters. The molecule has 1 rings (SSSR count). The fourth-order valence-corrected chi connectivity index (χ4v) is 2.83. The summed E-state index contributed by atoms with van der Waals surface area (Å²) in [5.74, 6) is -3.35. The van der Waals surface area contributed by atoms with Crippen LogP contribution in [0.15, 0.2) is 12.2 Å². The molecule has 1 amide bonds. The number of aliphatic carboxylic acids is 1. The van der Waals surface area contributed by atoms with E-state index in [0.29, 0.717) is 11.6 Å². The van der Waals surface area contributed by atoms with E-state index in [1.165, 1.54) is 6.92 Å². The Hall–Kier alpha value is -2.68. The molecule has 9 heteroatoms. The van der Waals surface area contributed by atoms with E-state index in [2.05, 4.69) is 5.32 Å².